The van der Waals surface area contributed by atoms with Crippen LogP contribution >= 0.6 is 0 Å². The highest BCUT2D eigenvalue weighted by Gasteiger charge is 2.34. The van der Waals surface area contributed by atoms with Gasteiger partial charge in [-0.3, -0.25) is 9.80 Å². The number of hydrazine groups is 1. The molecule has 5 heteroatoms. The average Bonchev–Trinajstić information content (AvgIpc) is 2.73. The molecule has 1 aliphatic heterocycles. The van der Waals surface area contributed by atoms with Crippen molar-refractivity contribution in [3.63, 3.8) is 0 Å². The lowest BCUT2D eigenvalue weighted by atomic mass is 9.81. The van der Waals surface area contributed by atoms with Crippen LogP contribution in [0, 0.1) is 6.92 Å². The van der Waals surface area contributed by atoms with Crippen molar-refractivity contribution < 1.29 is 14.3 Å². The van der Waals surface area contributed by atoms with Crippen LogP contribution in [0.1, 0.15) is 25.0 Å². The SMILES string of the molecule is Cc1cc2c(cc1C(C)(C)C(=O)N(C)N)OCO2. The minimum absolute atomic E-state index is 0.149. The zero-order valence-corrected chi connectivity index (χ0v) is 11.1. The van der Waals surface area contributed by atoms with Gasteiger partial charge in [-0.05, 0) is 44.0 Å². The predicted octanol–water partition coefficient (Wildman–Crippen LogP) is 1.33. The molecule has 0 fully saturated rings. The Kier molecular flexibility index (Phi) is 2.94. The van der Waals surface area contributed by atoms with E-state index in [1.165, 1.54) is 0 Å². The minimum atomic E-state index is -0.700. The van der Waals surface area contributed by atoms with Crippen molar-refractivity contribution in [2.45, 2.75) is 26.2 Å². The number of hydrogen-bond acceptors (Lipinski definition) is 4. The standard InChI is InChI=1S/C13H18N2O3/c1-8-5-10-11(18-7-17-10)6-9(8)13(2,3)12(16)15(4)14/h5-6H,7,14H2,1-4H3. The van der Waals surface area contributed by atoms with Crippen molar-refractivity contribution in [2.75, 3.05) is 13.8 Å². The number of carbonyl (C=O) groups is 1. The van der Waals surface area contributed by atoms with E-state index in [0.29, 0.717) is 5.75 Å². The van der Waals surface area contributed by atoms with Gasteiger partial charge in [0.2, 0.25) is 12.7 Å². The van der Waals surface area contributed by atoms with E-state index in [1.807, 2.05) is 32.9 Å². The molecular weight excluding hydrogens is 232 g/mol. The number of aryl methyl sites for hydroxylation is 1. The molecule has 5 nitrogen and oxygen atoms in total. The third-order valence-corrected chi connectivity index (χ3v) is 3.25. The molecule has 18 heavy (non-hydrogen) atoms. The van der Waals surface area contributed by atoms with Crippen LogP contribution in [0.3, 0.4) is 0 Å². The van der Waals surface area contributed by atoms with Crippen molar-refractivity contribution in [3.05, 3.63) is 23.3 Å². The van der Waals surface area contributed by atoms with Crippen molar-refractivity contribution >= 4 is 5.91 Å². The maximum atomic E-state index is 12.1. The summed E-state index contributed by atoms with van der Waals surface area (Å²) < 4.78 is 10.7. The van der Waals surface area contributed by atoms with E-state index in [4.69, 9.17) is 15.3 Å². The van der Waals surface area contributed by atoms with Gasteiger partial charge in [0.1, 0.15) is 0 Å². The fourth-order valence-electron chi connectivity index (χ4n) is 2.27. The number of likely N-dealkylation sites (N-methyl/N-ethyl adjacent to an activating group) is 1. The van der Waals surface area contributed by atoms with Gasteiger partial charge in [-0.15, -0.1) is 0 Å². The average molecular weight is 250 g/mol. The molecule has 0 spiro atoms. The number of nitrogens with two attached hydrogens (primary N) is 1. The van der Waals surface area contributed by atoms with Crippen LogP contribution in [0.5, 0.6) is 11.5 Å². The van der Waals surface area contributed by atoms with E-state index in [0.717, 1.165) is 21.9 Å². The molecule has 0 atom stereocenters. The summed E-state index contributed by atoms with van der Waals surface area (Å²) in [7, 11) is 1.55. The summed E-state index contributed by atoms with van der Waals surface area (Å²) in [5, 5.41) is 1.12. The molecule has 2 rings (SSSR count). The molecule has 1 heterocycles. The second kappa shape index (κ2) is 4.17. The zero-order chi connectivity index (χ0) is 13.5. The van der Waals surface area contributed by atoms with Crippen molar-refractivity contribution in [1.82, 2.24) is 5.01 Å². The second-order valence-electron chi connectivity index (χ2n) is 5.06. The van der Waals surface area contributed by atoms with E-state index in [-0.39, 0.29) is 12.7 Å². The lowest BCUT2D eigenvalue weighted by molar-refractivity contribution is -0.135. The largest absolute Gasteiger partial charge is 0.454 e. The number of nitrogens with zero attached hydrogens (tertiary/aromatic N) is 1. The highest BCUT2D eigenvalue weighted by atomic mass is 16.7. The Labute approximate surface area is 106 Å². The van der Waals surface area contributed by atoms with Gasteiger partial charge in [0.25, 0.3) is 0 Å². The minimum Gasteiger partial charge on any atom is -0.454 e. The molecule has 2 N–H and O–H groups in total. The normalized spacial score (nSPS) is 13.6. The Bertz CT molecular complexity index is 495. The van der Waals surface area contributed by atoms with Gasteiger partial charge in [-0.2, -0.15) is 0 Å². The van der Waals surface area contributed by atoms with E-state index in [1.54, 1.807) is 7.05 Å². The number of carbonyl (C=O) groups excluding carboxylic acids is 1. The molecular formula is C13H18N2O3. The number of fused-ring (bicyclic) bond motifs is 1. The Hall–Kier alpha value is -1.75. The monoisotopic (exact) mass is 250 g/mol. The van der Waals surface area contributed by atoms with Crippen LogP contribution in [0.15, 0.2) is 12.1 Å². The zero-order valence-electron chi connectivity index (χ0n) is 11.1. The van der Waals surface area contributed by atoms with Crippen LogP contribution in [0.2, 0.25) is 0 Å². The number of ether oxygens (including phenoxy) is 2. The molecule has 0 bridgehead atoms. The summed E-state index contributed by atoms with van der Waals surface area (Å²) >= 11 is 0. The second-order valence-corrected chi connectivity index (χ2v) is 5.06. The third kappa shape index (κ3) is 1.90. The van der Waals surface area contributed by atoms with Gasteiger partial charge in [0.15, 0.2) is 11.5 Å². The van der Waals surface area contributed by atoms with E-state index in [9.17, 15) is 4.79 Å². The predicted molar refractivity (Wildman–Crippen MR) is 67.3 cm³/mol. The van der Waals surface area contributed by atoms with Crippen LogP contribution in [-0.2, 0) is 10.2 Å². The molecule has 0 aromatic heterocycles. The molecule has 0 radical (unpaired) electrons. The quantitative estimate of drug-likeness (QED) is 0.488. The highest BCUT2D eigenvalue weighted by Crippen LogP contribution is 2.39. The van der Waals surface area contributed by atoms with Crippen LogP contribution in [-0.4, -0.2) is 24.8 Å². The number of rotatable bonds is 2. The lowest BCUT2D eigenvalue weighted by Gasteiger charge is -2.28. The van der Waals surface area contributed by atoms with Crippen molar-refractivity contribution in [2.24, 2.45) is 5.84 Å². The summed E-state index contributed by atoms with van der Waals surface area (Å²) in [6.07, 6.45) is 0. The fraction of sp³-hybridized carbons (Fsp3) is 0.462. The molecule has 98 valence electrons. The fourth-order valence-corrected chi connectivity index (χ4v) is 2.27. The molecule has 1 aromatic carbocycles. The van der Waals surface area contributed by atoms with E-state index in [2.05, 4.69) is 0 Å². The van der Waals surface area contributed by atoms with Crippen molar-refractivity contribution in [3.8, 4) is 11.5 Å². The summed E-state index contributed by atoms with van der Waals surface area (Å²) in [4.78, 5) is 12.1. The summed E-state index contributed by atoms with van der Waals surface area (Å²) in [6, 6.07) is 3.75. The summed E-state index contributed by atoms with van der Waals surface area (Å²) in [5.74, 6) is 6.80. The summed E-state index contributed by atoms with van der Waals surface area (Å²) in [5.41, 5.74) is 1.18. The number of benzene rings is 1. The lowest BCUT2D eigenvalue weighted by Crippen LogP contribution is -2.45. The summed E-state index contributed by atoms with van der Waals surface area (Å²) in [6.45, 7) is 5.87. The van der Waals surface area contributed by atoms with Gasteiger partial charge < -0.3 is 9.47 Å². The number of hydrogen-bond donors (Lipinski definition) is 1. The molecule has 0 saturated carbocycles. The van der Waals surface area contributed by atoms with Gasteiger partial charge in [-0.25, -0.2) is 5.84 Å². The van der Waals surface area contributed by atoms with Crippen LogP contribution in [0.4, 0.5) is 0 Å². The molecule has 0 aliphatic carbocycles. The van der Waals surface area contributed by atoms with Gasteiger partial charge in [0.05, 0.1) is 5.41 Å². The molecule has 0 saturated heterocycles. The van der Waals surface area contributed by atoms with E-state index >= 15 is 0 Å². The topological polar surface area (TPSA) is 64.8 Å². The Morgan fingerprint density at radius 1 is 1.33 bits per heavy atom. The Morgan fingerprint density at radius 3 is 2.44 bits per heavy atom. The van der Waals surface area contributed by atoms with Gasteiger partial charge in [0, 0.05) is 7.05 Å². The van der Waals surface area contributed by atoms with Crippen LogP contribution in [0.25, 0.3) is 0 Å². The van der Waals surface area contributed by atoms with Crippen molar-refractivity contribution in [1.29, 1.82) is 0 Å². The number of amides is 1. The first-order chi connectivity index (χ1) is 8.34. The molecule has 1 aromatic rings. The smallest absolute Gasteiger partial charge is 0.246 e. The first-order valence-electron chi connectivity index (χ1n) is 5.77. The highest BCUT2D eigenvalue weighted by molar-refractivity contribution is 5.87. The van der Waals surface area contributed by atoms with Gasteiger partial charge in [-0.1, -0.05) is 0 Å². The van der Waals surface area contributed by atoms with Crippen LogP contribution < -0.4 is 15.3 Å². The maximum Gasteiger partial charge on any atom is 0.246 e. The molecule has 1 aliphatic rings. The van der Waals surface area contributed by atoms with E-state index < -0.39 is 5.41 Å². The first kappa shape index (κ1) is 12.7. The molecule has 1 amide bonds. The maximum absolute atomic E-state index is 12.1. The Morgan fingerprint density at radius 2 is 1.89 bits per heavy atom. The van der Waals surface area contributed by atoms with Gasteiger partial charge >= 0.3 is 0 Å². The molecule has 0 unspecified atom stereocenters. The first-order valence-corrected chi connectivity index (χ1v) is 5.77. The third-order valence-electron chi connectivity index (χ3n) is 3.25. The Balaban J connectivity index is 2.48.